The van der Waals surface area contributed by atoms with Gasteiger partial charge in [0.05, 0.1) is 138 Å². The van der Waals surface area contributed by atoms with Crippen LogP contribution in [-0.2, 0) is 0 Å². The fourth-order valence-electron chi connectivity index (χ4n) is 12.6. The van der Waals surface area contributed by atoms with Crippen molar-refractivity contribution in [2.45, 2.75) is 12.4 Å². The first-order valence-electron chi connectivity index (χ1n) is 59.8. The average Bonchev–Trinajstić information content (AvgIpc) is 0.681. The molecular formula is C96H62N6O6. The van der Waals surface area contributed by atoms with Crippen LogP contribution in [0.1, 0.15) is 84.5 Å². The van der Waals surface area contributed by atoms with Gasteiger partial charge in [0.25, 0.3) is 0 Å². The van der Waals surface area contributed by atoms with Crippen LogP contribution >= 0.6 is 0 Å². The van der Waals surface area contributed by atoms with Crippen molar-refractivity contribution < 1.29 is 78.1 Å². The van der Waals surface area contributed by atoms with Gasteiger partial charge in [-0.3, -0.25) is 28.8 Å². The predicted octanol–water partition coefficient (Wildman–Crippen LogP) is 20.6. The number of allylic oxidation sites excluding steroid dienone is 2. The molecule has 21 rings (SSSR count). The van der Waals surface area contributed by atoms with Crippen molar-refractivity contribution in [2.24, 2.45) is 0 Å². The second-order valence-corrected chi connectivity index (χ2v) is 22.7. The van der Waals surface area contributed by atoms with E-state index in [1.807, 2.05) is 0 Å². The molecule has 512 valence electrons. The molecule has 6 aromatic heterocycles. The number of benzene rings is 14. The Bertz CT molecular complexity index is 10900. The van der Waals surface area contributed by atoms with Crippen molar-refractivity contribution in [3.8, 4) is 0 Å². The van der Waals surface area contributed by atoms with Crippen LogP contribution in [0.25, 0.3) is 114 Å². The SMILES string of the molecule is [2H]C1=CC(N(c2cc([2H])c([2H])c([2H])c2[2H])c2c([2H])c([2H])c3c(=O)c4c([2H])c([2H])c([2H])c5c(=O)c6c([2H])c([2H])c([2H])c([2H])c6n(c3c2[2H])c54)C([2H])C([2H])=C1[2H].[2H]c1c([2H])c([2H])c(N(c2c([2H])c([2H])c([2H])c([2H])c2[2H])c2c([2H])c([2H])c([2H])c3c(=O)c4c([2H])c([2H])c([2H])c5c(=O)c6c([2H])c([2H])c([2H])c([2H])c6n(c23)c54)c([2H])c1[2H].[2H]c1cc(N(c2c([2H])c([2H])c([2H])c([2H])c2[2H])c2c([2H])c([2H])c3c(c2[2H])c(=O)c2c([2H])c([2H])c([2H])c4c(=O)c5c([2H])c([2H])c([2H])c([2H])c5n3c42)c([2H])c([2H])c1[2H]. The van der Waals surface area contributed by atoms with Crippen molar-refractivity contribution in [1.82, 2.24) is 13.2 Å². The highest BCUT2D eigenvalue weighted by Gasteiger charge is 2.26. The van der Waals surface area contributed by atoms with E-state index in [1.54, 1.807) is 0 Å². The number of aromatic nitrogens is 3. The van der Waals surface area contributed by atoms with E-state index in [-0.39, 0.29) is 0 Å². The molecule has 0 saturated carbocycles. The van der Waals surface area contributed by atoms with Crippen molar-refractivity contribution in [1.29, 1.82) is 0 Å². The highest BCUT2D eigenvalue weighted by molar-refractivity contribution is 6.13. The lowest BCUT2D eigenvalue weighted by molar-refractivity contribution is 0.785. The van der Waals surface area contributed by atoms with Crippen LogP contribution < -0.4 is 47.3 Å². The molecule has 12 nitrogen and oxygen atoms in total. The van der Waals surface area contributed by atoms with Crippen LogP contribution in [0.2, 0.25) is 0 Å². The minimum Gasteiger partial charge on any atom is -0.334 e. The van der Waals surface area contributed by atoms with E-state index in [9.17, 15) is 37.0 Å². The third kappa shape index (κ3) is 10.4. The maximum absolute atomic E-state index is 14.7. The molecule has 0 amide bonds. The summed E-state index contributed by atoms with van der Waals surface area (Å²) < 4.78 is 494. The molecule has 0 saturated heterocycles. The third-order valence-electron chi connectivity index (χ3n) is 17.0. The van der Waals surface area contributed by atoms with E-state index >= 15 is 0 Å². The molecule has 0 aliphatic heterocycles. The van der Waals surface area contributed by atoms with Gasteiger partial charge in [0, 0.05) is 106 Å². The van der Waals surface area contributed by atoms with Gasteiger partial charge in [-0.15, -0.1) is 0 Å². The van der Waals surface area contributed by atoms with Crippen LogP contribution in [0.15, 0.2) is 385 Å². The summed E-state index contributed by atoms with van der Waals surface area (Å²) in [6, 6.07) is -51.5. The molecule has 0 spiro atoms. The van der Waals surface area contributed by atoms with E-state index in [0.717, 1.165) is 31.9 Å². The average molecular weight is 1450 g/mol. The smallest absolute Gasteiger partial charge is 0.197 e. The first-order chi connectivity index (χ1) is 76.8. The molecule has 1 aliphatic rings. The van der Waals surface area contributed by atoms with E-state index in [0.29, 0.717) is 14.2 Å². The summed E-state index contributed by atoms with van der Waals surface area (Å²) in [5, 5.41) is -9.51. The van der Waals surface area contributed by atoms with Crippen LogP contribution in [0.3, 0.4) is 0 Å². The molecule has 2 unspecified atom stereocenters. The van der Waals surface area contributed by atoms with Gasteiger partial charge in [0.2, 0.25) is 0 Å². The van der Waals surface area contributed by atoms with Gasteiger partial charge in [0.1, 0.15) is 0 Å². The Morgan fingerprint density at radius 1 is 0.269 bits per heavy atom. The zero-order chi connectivity index (χ0) is 122. The summed E-state index contributed by atoms with van der Waals surface area (Å²) in [4.78, 5) is 87.8. The number of anilines is 8. The minimum absolute atomic E-state index is 0.431. The Hall–Kier alpha value is -14.6. The number of pyridine rings is 6. The summed E-state index contributed by atoms with van der Waals surface area (Å²) in [6.07, 6.45) is -0.810. The van der Waals surface area contributed by atoms with Gasteiger partial charge in [0.15, 0.2) is 32.6 Å². The standard InChI is InChI=1S/C32H20N2O2.C32H22N2O2.C32H20N2O2/c35-31-23-15-7-8-19-27(23)34-29-24(31)16-9-17-25(29)32(36)26-18-10-20-28(30(26)34)33(21-11-3-1-4-12-21)22-13-5-2-6-14-22;35-31-24-14-7-8-17-28(24)34-29-20-23(18-19-25(29)32(36)27-16-9-15-26(31)30(27)34)33(21-10-3-1-4-11-21)22-12-5-2-6-13-22;35-31-24-14-7-8-17-28(24)34-29-19-18-23(20-27(29)32(36)26-16-9-15-25(31)30(26)34)33(21-10-3-1-4-11-21)22-12-5-2-6-13-22/h1-20H;1-12,14-20,22H,13H2;1-20H/i1D,2D,3D,4D,5D,6D,7D,8D,9D,10D,11D,12D,13D,14D,15D,16D,17D,18D,19D,20D;1D,2D,3D,4D,5D,6D,7D,8D,9D,10D,13D,14D,15D,16D,17D,18D,19D,20D;1D,2D,3D,4D,5D,6D,7D,8D,9D,10D,11D,12D,14D,15D,16D,17D,18D,19D,20D. The van der Waals surface area contributed by atoms with Crippen LogP contribution in [0, 0.1) is 0 Å². The van der Waals surface area contributed by atoms with Gasteiger partial charge < -0.3 is 27.9 Å². The predicted molar refractivity (Wildman–Crippen MR) is 446 cm³/mol. The quantitative estimate of drug-likeness (QED) is 0.103. The summed E-state index contributed by atoms with van der Waals surface area (Å²) in [7, 11) is 0. The molecule has 1 aliphatic carbocycles. The second-order valence-electron chi connectivity index (χ2n) is 22.7. The molecule has 0 radical (unpaired) electrons. The molecule has 12 heteroatoms. The van der Waals surface area contributed by atoms with Crippen molar-refractivity contribution in [3.63, 3.8) is 0 Å². The first-order valence-corrected chi connectivity index (χ1v) is 31.2. The Kier molecular flexibility index (Phi) is 6.84. The first kappa shape index (κ1) is 28.1. The molecule has 2 atom stereocenters. The molecule has 0 bridgehead atoms. The number of rotatable bonds is 9. The van der Waals surface area contributed by atoms with Crippen LogP contribution in [0.4, 0.5) is 45.5 Å². The fourth-order valence-corrected chi connectivity index (χ4v) is 12.6. The number of para-hydroxylation sites is 12. The molecular weight excluding hydrogens is 1330 g/mol. The van der Waals surface area contributed by atoms with Gasteiger partial charge in [-0.25, -0.2) is 0 Å². The number of hydrogen-bond donors (Lipinski definition) is 0. The summed E-state index contributed by atoms with van der Waals surface area (Å²) in [6.45, 7) is 0. The summed E-state index contributed by atoms with van der Waals surface area (Å²) in [5.74, 6) is 0. The Morgan fingerprint density at radius 2 is 0.630 bits per heavy atom. The fraction of sp³-hybridized carbons (Fsp3) is 0.0208. The van der Waals surface area contributed by atoms with E-state index in [4.69, 9.17) is 69.9 Å². The van der Waals surface area contributed by atoms with Crippen molar-refractivity contribution >= 4 is 160 Å². The second kappa shape index (κ2) is 26.3. The Labute approximate surface area is 695 Å². The number of nitrogens with zero attached hydrogens (tertiary/aromatic N) is 6. The number of fused-ring (bicyclic) bond motifs is 12. The van der Waals surface area contributed by atoms with Crippen molar-refractivity contribution in [3.05, 3.63) is 418 Å². The van der Waals surface area contributed by atoms with E-state index in [1.165, 1.54) is 0 Å². The third-order valence-corrected chi connectivity index (χ3v) is 17.0. The largest absolute Gasteiger partial charge is 0.334 e. The highest BCUT2D eigenvalue weighted by atomic mass is 16.1. The molecule has 0 N–H and O–H groups in total. The molecule has 6 heterocycles. The molecule has 14 aromatic carbocycles. The summed E-state index contributed by atoms with van der Waals surface area (Å²) >= 11 is 0. The molecule has 108 heavy (non-hydrogen) atoms. The van der Waals surface area contributed by atoms with Gasteiger partial charge in [-0.05, 0) is 188 Å². The lowest BCUT2D eigenvalue weighted by Crippen LogP contribution is -2.29. The summed E-state index contributed by atoms with van der Waals surface area (Å²) in [5.41, 5.74) is -20.6. The zero-order valence-electron chi connectivity index (χ0n) is 111. The highest BCUT2D eigenvalue weighted by Crippen LogP contribution is 2.42. The normalized spacial score (nSPS) is 21.2. The van der Waals surface area contributed by atoms with Crippen LogP contribution in [0.5, 0.6) is 0 Å². The lowest BCUT2D eigenvalue weighted by Gasteiger charge is -2.33. The van der Waals surface area contributed by atoms with Crippen molar-refractivity contribution in [2.75, 3.05) is 14.7 Å². The molecule has 0 fully saturated rings. The van der Waals surface area contributed by atoms with E-state index in [2.05, 4.69) is 0 Å². The maximum atomic E-state index is 14.7. The lowest BCUT2D eigenvalue weighted by atomic mass is 10.0. The Balaban J connectivity index is 0.000000152. The number of hydrogen-bond acceptors (Lipinski definition) is 9. The monoisotopic (exact) mass is 1450 g/mol. The van der Waals surface area contributed by atoms with Gasteiger partial charge >= 0.3 is 0 Å². The zero-order valence-corrected chi connectivity index (χ0v) is 53.5. The van der Waals surface area contributed by atoms with Gasteiger partial charge in [-0.2, -0.15) is 0 Å². The minimum atomic E-state index is -1.80. The molecule has 20 aromatic rings. The van der Waals surface area contributed by atoms with Gasteiger partial charge in [-0.1, -0.05) is 175 Å². The maximum Gasteiger partial charge on any atom is 0.197 e. The Morgan fingerprint density at radius 3 is 1.16 bits per heavy atom. The van der Waals surface area contributed by atoms with E-state index < -0.39 is 543 Å². The van der Waals surface area contributed by atoms with Crippen LogP contribution in [-0.4, -0.2) is 19.2 Å². The topological polar surface area (TPSA) is 125 Å².